The summed E-state index contributed by atoms with van der Waals surface area (Å²) in [6, 6.07) is 12.1. The van der Waals surface area contributed by atoms with Crippen molar-refractivity contribution >= 4 is 31.9 Å². The Bertz CT molecular complexity index is 1880. The Morgan fingerprint density at radius 3 is 2.54 bits per heavy atom. The summed E-state index contributed by atoms with van der Waals surface area (Å²) in [7, 11) is -3.18. The number of imidazole rings is 1. The largest absolute Gasteiger partial charge is 0.335 e. The number of nitrogens with zero attached hydrogens (tertiary/aromatic N) is 5. The molecule has 0 bridgehead atoms. The van der Waals surface area contributed by atoms with E-state index >= 15 is 0 Å². The van der Waals surface area contributed by atoms with E-state index in [1.165, 1.54) is 12.1 Å². The van der Waals surface area contributed by atoms with Crippen LogP contribution in [0.5, 0.6) is 0 Å². The molecule has 184 valence electrons. The van der Waals surface area contributed by atoms with Crippen LogP contribution < -0.4 is 0 Å². The molecular formula is C26H20FN7O2S. The minimum atomic E-state index is -3.18. The summed E-state index contributed by atoms with van der Waals surface area (Å²) < 4.78 is 37.7. The van der Waals surface area contributed by atoms with E-state index in [1.54, 1.807) is 30.9 Å². The van der Waals surface area contributed by atoms with Gasteiger partial charge in [0.25, 0.3) is 0 Å². The molecule has 0 radical (unpaired) electrons. The first-order valence-corrected chi connectivity index (χ1v) is 13.5. The molecule has 0 aliphatic rings. The smallest absolute Gasteiger partial charge is 0.161 e. The van der Waals surface area contributed by atoms with Crippen molar-refractivity contribution in [2.24, 2.45) is 0 Å². The SMILES string of the molecule is CS(=O)(=O)CCc1cc(F)cc(-c2cncc3[nH]c(-c4n[nH]c5ccc(-c6ccncc6)nc45)nc23)c1. The van der Waals surface area contributed by atoms with Crippen LogP contribution in [0.2, 0.25) is 0 Å². The number of benzene rings is 1. The highest BCUT2D eigenvalue weighted by atomic mass is 32.2. The molecule has 11 heteroatoms. The molecule has 0 saturated heterocycles. The second kappa shape index (κ2) is 8.86. The number of hydrogen-bond donors (Lipinski definition) is 2. The van der Waals surface area contributed by atoms with Gasteiger partial charge in [-0.3, -0.25) is 15.1 Å². The Morgan fingerprint density at radius 2 is 1.73 bits per heavy atom. The third-order valence-corrected chi connectivity index (χ3v) is 6.98. The lowest BCUT2D eigenvalue weighted by Gasteiger charge is -2.07. The van der Waals surface area contributed by atoms with Crippen LogP contribution in [0.1, 0.15) is 5.56 Å². The number of aryl methyl sites for hydroxylation is 1. The molecule has 6 rings (SSSR count). The van der Waals surface area contributed by atoms with E-state index in [1.807, 2.05) is 24.3 Å². The Balaban J connectivity index is 1.44. The van der Waals surface area contributed by atoms with E-state index in [-0.39, 0.29) is 12.2 Å². The summed E-state index contributed by atoms with van der Waals surface area (Å²) >= 11 is 0. The van der Waals surface area contributed by atoms with Crippen molar-refractivity contribution in [2.45, 2.75) is 6.42 Å². The van der Waals surface area contributed by atoms with E-state index in [9.17, 15) is 12.8 Å². The minimum absolute atomic E-state index is 0.0639. The number of aromatic nitrogens is 7. The maximum atomic E-state index is 14.5. The van der Waals surface area contributed by atoms with Crippen LogP contribution in [0, 0.1) is 5.82 Å². The number of H-pyrrole nitrogens is 2. The lowest BCUT2D eigenvalue weighted by molar-refractivity contribution is 0.600. The van der Waals surface area contributed by atoms with Gasteiger partial charge in [0.2, 0.25) is 0 Å². The van der Waals surface area contributed by atoms with E-state index in [0.29, 0.717) is 44.8 Å². The highest BCUT2D eigenvalue weighted by molar-refractivity contribution is 7.90. The zero-order valence-corrected chi connectivity index (χ0v) is 20.4. The van der Waals surface area contributed by atoms with Crippen molar-refractivity contribution in [1.82, 2.24) is 35.1 Å². The van der Waals surface area contributed by atoms with E-state index in [4.69, 9.17) is 9.97 Å². The van der Waals surface area contributed by atoms with Crippen LogP contribution in [0.4, 0.5) is 4.39 Å². The summed E-state index contributed by atoms with van der Waals surface area (Å²) in [6.45, 7) is 0. The van der Waals surface area contributed by atoms with Crippen LogP contribution >= 0.6 is 0 Å². The first-order chi connectivity index (χ1) is 17.8. The van der Waals surface area contributed by atoms with Gasteiger partial charge < -0.3 is 4.98 Å². The van der Waals surface area contributed by atoms with Crippen LogP contribution in [0.3, 0.4) is 0 Å². The van der Waals surface area contributed by atoms with Gasteiger partial charge in [-0.25, -0.2) is 22.8 Å². The molecule has 0 aliphatic carbocycles. The van der Waals surface area contributed by atoms with E-state index in [2.05, 4.69) is 25.1 Å². The molecule has 0 aliphatic heterocycles. The fraction of sp³-hybridized carbons (Fsp3) is 0.115. The normalized spacial score (nSPS) is 11.9. The van der Waals surface area contributed by atoms with Crippen molar-refractivity contribution in [2.75, 3.05) is 12.0 Å². The molecule has 5 aromatic heterocycles. The number of nitrogens with one attached hydrogen (secondary N) is 2. The number of aromatic amines is 2. The number of sulfone groups is 1. The van der Waals surface area contributed by atoms with Gasteiger partial charge in [-0.15, -0.1) is 0 Å². The van der Waals surface area contributed by atoms with Gasteiger partial charge in [0.05, 0.1) is 34.2 Å². The van der Waals surface area contributed by atoms with Gasteiger partial charge in [0, 0.05) is 36.0 Å². The molecule has 0 fully saturated rings. The van der Waals surface area contributed by atoms with Crippen molar-refractivity contribution < 1.29 is 12.8 Å². The minimum Gasteiger partial charge on any atom is -0.335 e. The number of halogens is 1. The molecule has 1 aromatic carbocycles. The summed E-state index contributed by atoms with van der Waals surface area (Å²) in [6.07, 6.45) is 8.06. The standard InChI is InChI=1S/C26H20FN7O2S/c1-37(35,36)9-6-15-10-17(12-18(27)11-15)19-13-29-14-22-23(19)32-26(31-22)25-24-21(33-34-25)3-2-20(30-24)16-4-7-28-8-5-16/h2-5,7-8,10-14H,6,9H2,1H3,(H,31,32)(H,33,34). The summed E-state index contributed by atoms with van der Waals surface area (Å²) in [4.78, 5) is 21.2. The van der Waals surface area contributed by atoms with E-state index < -0.39 is 15.7 Å². The second-order valence-electron chi connectivity index (χ2n) is 8.80. The van der Waals surface area contributed by atoms with Crippen molar-refractivity contribution in [3.63, 3.8) is 0 Å². The van der Waals surface area contributed by atoms with Crippen molar-refractivity contribution in [1.29, 1.82) is 0 Å². The molecule has 5 heterocycles. The fourth-order valence-corrected chi connectivity index (χ4v) is 4.86. The third-order valence-electron chi connectivity index (χ3n) is 6.03. The average molecular weight is 514 g/mol. The Morgan fingerprint density at radius 1 is 0.892 bits per heavy atom. The quantitative estimate of drug-likeness (QED) is 0.339. The zero-order chi connectivity index (χ0) is 25.6. The summed E-state index contributed by atoms with van der Waals surface area (Å²) in [5, 5.41) is 7.44. The topological polar surface area (TPSA) is 130 Å². The van der Waals surface area contributed by atoms with Crippen LogP contribution in [0.25, 0.3) is 56.0 Å². The lowest BCUT2D eigenvalue weighted by atomic mass is 10.0. The maximum Gasteiger partial charge on any atom is 0.161 e. The van der Waals surface area contributed by atoms with Crippen molar-refractivity contribution in [3.8, 4) is 33.9 Å². The first-order valence-electron chi connectivity index (χ1n) is 11.4. The monoisotopic (exact) mass is 513 g/mol. The molecule has 0 atom stereocenters. The molecule has 37 heavy (non-hydrogen) atoms. The van der Waals surface area contributed by atoms with Crippen LogP contribution in [-0.2, 0) is 16.3 Å². The zero-order valence-electron chi connectivity index (χ0n) is 19.6. The van der Waals surface area contributed by atoms with Crippen LogP contribution in [0.15, 0.2) is 67.3 Å². The summed E-state index contributed by atoms with van der Waals surface area (Å²) in [5.74, 6) is -0.0329. The number of fused-ring (bicyclic) bond motifs is 2. The fourth-order valence-electron chi connectivity index (χ4n) is 4.26. The summed E-state index contributed by atoms with van der Waals surface area (Å²) in [5.41, 5.74) is 6.65. The number of hydrogen-bond acceptors (Lipinski definition) is 7. The van der Waals surface area contributed by atoms with Gasteiger partial charge in [-0.1, -0.05) is 6.07 Å². The molecule has 6 aromatic rings. The number of pyridine rings is 3. The van der Waals surface area contributed by atoms with Gasteiger partial charge in [0.1, 0.15) is 21.2 Å². The van der Waals surface area contributed by atoms with Gasteiger partial charge >= 0.3 is 0 Å². The molecule has 0 amide bonds. The Labute approximate surface area is 210 Å². The first kappa shape index (κ1) is 22.9. The predicted octanol–water partition coefficient (Wildman–Crippen LogP) is 4.35. The molecule has 0 spiro atoms. The Kier molecular flexibility index (Phi) is 5.49. The maximum absolute atomic E-state index is 14.5. The molecule has 9 nitrogen and oxygen atoms in total. The number of rotatable bonds is 6. The highest BCUT2D eigenvalue weighted by Crippen LogP contribution is 2.32. The van der Waals surface area contributed by atoms with Gasteiger partial charge in [0.15, 0.2) is 11.5 Å². The molecular weight excluding hydrogens is 493 g/mol. The predicted molar refractivity (Wildman–Crippen MR) is 139 cm³/mol. The molecule has 2 N–H and O–H groups in total. The second-order valence-corrected chi connectivity index (χ2v) is 11.1. The molecule has 0 unspecified atom stereocenters. The van der Waals surface area contributed by atoms with Crippen LogP contribution in [-0.4, -0.2) is 55.5 Å². The van der Waals surface area contributed by atoms with E-state index in [0.717, 1.165) is 23.0 Å². The molecule has 0 saturated carbocycles. The Hall–Kier alpha value is -4.51. The van der Waals surface area contributed by atoms with Crippen molar-refractivity contribution in [3.05, 3.63) is 78.6 Å². The van der Waals surface area contributed by atoms with Gasteiger partial charge in [-0.2, -0.15) is 5.10 Å². The lowest BCUT2D eigenvalue weighted by Crippen LogP contribution is -2.06. The highest BCUT2D eigenvalue weighted by Gasteiger charge is 2.18. The van der Waals surface area contributed by atoms with Gasteiger partial charge in [-0.05, 0) is 53.9 Å². The average Bonchev–Trinajstić information content (AvgIpc) is 3.51. The third kappa shape index (κ3) is 4.56.